The van der Waals surface area contributed by atoms with Crippen molar-refractivity contribution in [3.8, 4) is 0 Å². The lowest BCUT2D eigenvalue weighted by Crippen LogP contribution is -2.36. The van der Waals surface area contributed by atoms with Crippen LogP contribution in [0.3, 0.4) is 0 Å². The molecule has 2 aromatic rings. The summed E-state index contributed by atoms with van der Waals surface area (Å²) >= 11 is 0. The average molecular weight is 540 g/mol. The molecule has 12 nitrogen and oxygen atoms in total. The second kappa shape index (κ2) is 11.3. The van der Waals surface area contributed by atoms with Gasteiger partial charge in [0.25, 0.3) is 10.0 Å². The summed E-state index contributed by atoms with van der Waals surface area (Å²) in [4.78, 5) is 31.4. The number of amides is 2. The average Bonchev–Trinajstić information content (AvgIpc) is 3.21. The predicted octanol–water partition coefficient (Wildman–Crippen LogP) is 3.54. The Bertz CT molecular complexity index is 1230. The van der Waals surface area contributed by atoms with Gasteiger partial charge >= 0.3 is 12.2 Å². The number of carbonyl (C=O) groups is 2. The quantitative estimate of drug-likeness (QED) is 0.475. The summed E-state index contributed by atoms with van der Waals surface area (Å²) in [6.07, 6.45) is 1.27. The lowest BCUT2D eigenvalue weighted by molar-refractivity contribution is 0.0570. The first-order chi connectivity index (χ1) is 17.2. The monoisotopic (exact) mass is 539 g/mol. The SMILES string of the molecule is CC(C)OC(=O)N[C@H]1CO[C@@H](c2cnc(Nc3ccc(S(=O)(=O)NC(=O)OC(C)(C)C)cc3F)nc2)C1. The number of benzene rings is 1. The van der Waals surface area contributed by atoms with Crippen LogP contribution in [0.2, 0.25) is 0 Å². The third-order valence-electron chi connectivity index (χ3n) is 4.82. The Labute approximate surface area is 214 Å². The number of nitrogens with zero attached hydrogens (tertiary/aromatic N) is 2. The number of aromatic nitrogens is 2. The van der Waals surface area contributed by atoms with Crippen molar-refractivity contribution in [2.45, 2.75) is 69.8 Å². The second-order valence-electron chi connectivity index (χ2n) is 9.57. The van der Waals surface area contributed by atoms with E-state index >= 15 is 0 Å². The fourth-order valence-electron chi connectivity index (χ4n) is 3.30. The van der Waals surface area contributed by atoms with E-state index in [1.54, 1.807) is 39.3 Å². The molecule has 0 bridgehead atoms. The van der Waals surface area contributed by atoms with Crippen LogP contribution in [-0.2, 0) is 24.2 Å². The highest BCUT2D eigenvalue weighted by molar-refractivity contribution is 7.90. The van der Waals surface area contributed by atoms with Gasteiger partial charge in [-0.3, -0.25) is 0 Å². The number of hydrogen-bond donors (Lipinski definition) is 3. The molecule has 0 saturated carbocycles. The van der Waals surface area contributed by atoms with Gasteiger partial charge in [0.15, 0.2) is 0 Å². The summed E-state index contributed by atoms with van der Waals surface area (Å²) in [5.74, 6) is -0.834. The number of anilines is 2. The van der Waals surface area contributed by atoms with Gasteiger partial charge in [0.1, 0.15) is 11.4 Å². The highest BCUT2D eigenvalue weighted by atomic mass is 32.2. The van der Waals surface area contributed by atoms with Crippen LogP contribution in [0.4, 0.5) is 25.6 Å². The molecule has 1 aromatic heterocycles. The van der Waals surface area contributed by atoms with E-state index in [-0.39, 0.29) is 29.9 Å². The standard InChI is InChI=1S/C23H30FN5O7S/c1-13(2)35-21(30)27-15-8-19(34-12-15)14-10-25-20(26-11-14)28-18-7-6-16(9-17(18)24)37(32,33)29-22(31)36-23(3,4)5/h6-7,9-11,13,15,19H,8,12H2,1-5H3,(H,27,30)(H,29,31)(H,25,26,28)/t15-,19-/m1/s1. The van der Waals surface area contributed by atoms with Gasteiger partial charge < -0.3 is 24.8 Å². The van der Waals surface area contributed by atoms with E-state index in [1.165, 1.54) is 18.5 Å². The Balaban J connectivity index is 1.60. The highest BCUT2D eigenvalue weighted by Crippen LogP contribution is 2.29. The van der Waals surface area contributed by atoms with Crippen molar-refractivity contribution in [3.05, 3.63) is 42.0 Å². The fourth-order valence-corrected chi connectivity index (χ4v) is 4.18. The first kappa shape index (κ1) is 28.1. The van der Waals surface area contributed by atoms with E-state index < -0.39 is 38.5 Å². The highest BCUT2D eigenvalue weighted by Gasteiger charge is 2.29. The molecule has 0 unspecified atom stereocenters. The van der Waals surface area contributed by atoms with E-state index in [9.17, 15) is 22.4 Å². The zero-order chi connectivity index (χ0) is 27.4. The summed E-state index contributed by atoms with van der Waals surface area (Å²) in [5, 5.41) is 5.42. The van der Waals surface area contributed by atoms with Gasteiger partial charge in [-0.1, -0.05) is 0 Å². The van der Waals surface area contributed by atoms with E-state index in [2.05, 4.69) is 20.6 Å². The normalized spacial score (nSPS) is 17.8. The Morgan fingerprint density at radius 3 is 2.43 bits per heavy atom. The predicted molar refractivity (Wildman–Crippen MR) is 130 cm³/mol. The fraction of sp³-hybridized carbons (Fsp3) is 0.478. The smallest absolute Gasteiger partial charge is 0.421 e. The van der Waals surface area contributed by atoms with Crippen molar-refractivity contribution in [1.82, 2.24) is 20.0 Å². The summed E-state index contributed by atoms with van der Waals surface area (Å²) in [7, 11) is -4.35. The number of nitrogens with one attached hydrogen (secondary N) is 3. The topological polar surface area (TPSA) is 158 Å². The molecule has 1 aliphatic heterocycles. The molecule has 3 rings (SSSR count). The third kappa shape index (κ3) is 8.25. The minimum Gasteiger partial charge on any atom is -0.447 e. The lowest BCUT2D eigenvalue weighted by Gasteiger charge is -2.19. The number of halogens is 1. The molecule has 37 heavy (non-hydrogen) atoms. The molecule has 0 spiro atoms. The van der Waals surface area contributed by atoms with Crippen molar-refractivity contribution in [2.75, 3.05) is 11.9 Å². The van der Waals surface area contributed by atoms with E-state index in [0.29, 0.717) is 18.6 Å². The molecule has 0 aliphatic carbocycles. The van der Waals surface area contributed by atoms with E-state index in [1.807, 2.05) is 0 Å². The first-order valence-corrected chi connectivity index (χ1v) is 12.9. The Kier molecular flexibility index (Phi) is 8.53. The van der Waals surface area contributed by atoms with E-state index in [0.717, 1.165) is 12.1 Å². The zero-order valence-corrected chi connectivity index (χ0v) is 21.9. The van der Waals surface area contributed by atoms with Crippen LogP contribution in [0.15, 0.2) is 35.5 Å². The van der Waals surface area contributed by atoms with Gasteiger partial charge in [0.2, 0.25) is 5.95 Å². The Hall–Kier alpha value is -3.52. The minimum atomic E-state index is -4.35. The van der Waals surface area contributed by atoms with Crippen LogP contribution in [0.5, 0.6) is 0 Å². The van der Waals surface area contributed by atoms with Crippen molar-refractivity contribution in [1.29, 1.82) is 0 Å². The molecular formula is C23H30FN5O7S. The van der Waals surface area contributed by atoms with E-state index in [4.69, 9.17) is 14.2 Å². The zero-order valence-electron chi connectivity index (χ0n) is 21.1. The number of hydrogen-bond acceptors (Lipinski definition) is 10. The van der Waals surface area contributed by atoms with Crippen molar-refractivity contribution < 1.29 is 36.6 Å². The van der Waals surface area contributed by atoms with Crippen LogP contribution in [0, 0.1) is 5.82 Å². The molecule has 1 aromatic carbocycles. The number of alkyl carbamates (subject to hydrolysis) is 1. The van der Waals surface area contributed by atoms with Crippen molar-refractivity contribution in [2.24, 2.45) is 0 Å². The molecule has 2 atom stereocenters. The molecule has 1 aliphatic rings. The number of rotatable bonds is 7. The van der Waals surface area contributed by atoms with Crippen LogP contribution in [-0.4, -0.2) is 54.9 Å². The molecule has 2 amide bonds. The summed E-state index contributed by atoms with van der Waals surface area (Å²) in [6.45, 7) is 8.56. The van der Waals surface area contributed by atoms with Gasteiger partial charge in [-0.25, -0.2) is 37.1 Å². The maximum Gasteiger partial charge on any atom is 0.421 e. The summed E-state index contributed by atoms with van der Waals surface area (Å²) in [6, 6.07) is 2.84. The molecule has 14 heteroatoms. The largest absolute Gasteiger partial charge is 0.447 e. The maximum absolute atomic E-state index is 14.6. The molecule has 2 heterocycles. The minimum absolute atomic E-state index is 0.0679. The summed E-state index contributed by atoms with van der Waals surface area (Å²) < 4.78 is 56.8. The van der Waals surface area contributed by atoms with Crippen LogP contribution < -0.4 is 15.4 Å². The molecule has 1 saturated heterocycles. The van der Waals surface area contributed by atoms with Crippen LogP contribution >= 0.6 is 0 Å². The van der Waals surface area contributed by atoms with Crippen LogP contribution in [0.1, 0.15) is 52.7 Å². The number of ether oxygens (including phenoxy) is 3. The number of sulfonamides is 1. The first-order valence-electron chi connectivity index (χ1n) is 11.4. The third-order valence-corrected chi connectivity index (χ3v) is 6.13. The van der Waals surface area contributed by atoms with Crippen molar-refractivity contribution in [3.63, 3.8) is 0 Å². The molecule has 1 fully saturated rings. The Morgan fingerprint density at radius 2 is 1.84 bits per heavy atom. The molecule has 3 N–H and O–H groups in total. The van der Waals surface area contributed by atoms with Gasteiger partial charge in [-0.2, -0.15) is 0 Å². The van der Waals surface area contributed by atoms with Gasteiger partial charge in [-0.05, 0) is 52.8 Å². The van der Waals surface area contributed by atoms with Gasteiger partial charge in [0, 0.05) is 24.4 Å². The van der Waals surface area contributed by atoms with Crippen LogP contribution in [0.25, 0.3) is 0 Å². The lowest BCUT2D eigenvalue weighted by atomic mass is 10.1. The summed E-state index contributed by atoms with van der Waals surface area (Å²) in [5.41, 5.74) is -0.311. The maximum atomic E-state index is 14.6. The van der Waals surface area contributed by atoms with Gasteiger partial charge in [-0.15, -0.1) is 0 Å². The Morgan fingerprint density at radius 1 is 1.16 bits per heavy atom. The molecule has 0 radical (unpaired) electrons. The molecular weight excluding hydrogens is 509 g/mol. The number of carbonyl (C=O) groups excluding carboxylic acids is 2. The molecule has 202 valence electrons. The van der Waals surface area contributed by atoms with Gasteiger partial charge in [0.05, 0.1) is 35.4 Å². The second-order valence-corrected chi connectivity index (χ2v) is 11.2. The van der Waals surface area contributed by atoms with Crippen molar-refractivity contribution >= 4 is 33.8 Å².